The van der Waals surface area contributed by atoms with Gasteiger partial charge in [-0.2, -0.15) is 0 Å². The minimum Gasteiger partial charge on any atom is -0.326 e. The Kier molecular flexibility index (Phi) is 2.27. The van der Waals surface area contributed by atoms with Crippen LogP contribution in [0, 0.1) is 0 Å². The third-order valence-corrected chi connectivity index (χ3v) is 3.64. The zero-order valence-electron chi connectivity index (χ0n) is 9.21. The molecular formula is C10H19N3O. The molecule has 0 aromatic carbocycles. The van der Waals surface area contributed by atoms with Gasteiger partial charge in [-0.05, 0) is 26.8 Å². The summed E-state index contributed by atoms with van der Waals surface area (Å²) >= 11 is 0. The van der Waals surface area contributed by atoms with Gasteiger partial charge in [0.05, 0.1) is 11.7 Å². The lowest BCUT2D eigenvalue weighted by Crippen LogP contribution is -2.57. The van der Waals surface area contributed by atoms with Gasteiger partial charge in [0, 0.05) is 20.1 Å². The van der Waals surface area contributed by atoms with Crippen LogP contribution in [-0.4, -0.2) is 54.6 Å². The number of nitrogens with one attached hydrogen (secondary N) is 1. The molecule has 0 aromatic heterocycles. The zero-order chi connectivity index (χ0) is 10.3. The van der Waals surface area contributed by atoms with Crippen molar-refractivity contribution in [2.24, 2.45) is 0 Å². The molecule has 2 heterocycles. The van der Waals surface area contributed by atoms with Gasteiger partial charge in [-0.3, -0.25) is 10.1 Å². The van der Waals surface area contributed by atoms with Gasteiger partial charge in [0.2, 0.25) is 5.91 Å². The average Bonchev–Trinajstić information content (AvgIpc) is 2.37. The Bertz CT molecular complexity index is 246. The topological polar surface area (TPSA) is 35.6 Å². The van der Waals surface area contributed by atoms with Crippen LogP contribution in [0.1, 0.15) is 19.8 Å². The Balaban J connectivity index is 2.14. The van der Waals surface area contributed by atoms with E-state index in [1.807, 2.05) is 18.9 Å². The first-order chi connectivity index (χ1) is 6.55. The SMILES string of the molecule is CC1NC2(CCN(C)CC2)N(C)C1=O. The van der Waals surface area contributed by atoms with Gasteiger partial charge >= 0.3 is 0 Å². The van der Waals surface area contributed by atoms with Crippen LogP contribution in [0.15, 0.2) is 0 Å². The maximum absolute atomic E-state index is 11.7. The minimum absolute atomic E-state index is 0.0107. The molecule has 2 aliphatic rings. The number of likely N-dealkylation sites (tertiary alicyclic amines) is 1. The third kappa shape index (κ3) is 1.33. The summed E-state index contributed by atoms with van der Waals surface area (Å²) in [7, 11) is 4.05. The Morgan fingerprint density at radius 3 is 2.36 bits per heavy atom. The van der Waals surface area contributed by atoms with E-state index in [0.717, 1.165) is 25.9 Å². The molecule has 2 saturated heterocycles. The average molecular weight is 197 g/mol. The summed E-state index contributed by atoms with van der Waals surface area (Å²) in [5.74, 6) is 0.231. The molecule has 80 valence electrons. The molecule has 14 heavy (non-hydrogen) atoms. The molecule has 0 aliphatic carbocycles. The van der Waals surface area contributed by atoms with Gasteiger partial charge < -0.3 is 9.80 Å². The number of carbonyl (C=O) groups is 1. The van der Waals surface area contributed by atoms with E-state index < -0.39 is 0 Å². The summed E-state index contributed by atoms with van der Waals surface area (Å²) in [5.41, 5.74) is -0.0526. The van der Waals surface area contributed by atoms with E-state index >= 15 is 0 Å². The molecule has 0 bridgehead atoms. The van der Waals surface area contributed by atoms with Crippen molar-refractivity contribution < 1.29 is 4.79 Å². The lowest BCUT2D eigenvalue weighted by Gasteiger charge is -2.42. The zero-order valence-corrected chi connectivity index (χ0v) is 9.21. The number of nitrogens with zero attached hydrogens (tertiary/aromatic N) is 2. The third-order valence-electron chi connectivity index (χ3n) is 3.64. The molecule has 1 spiro atoms. The highest BCUT2D eigenvalue weighted by molar-refractivity contribution is 5.84. The summed E-state index contributed by atoms with van der Waals surface area (Å²) < 4.78 is 0. The largest absolute Gasteiger partial charge is 0.326 e. The summed E-state index contributed by atoms with van der Waals surface area (Å²) in [6.07, 6.45) is 2.08. The van der Waals surface area contributed by atoms with Crippen molar-refractivity contribution in [2.45, 2.75) is 31.5 Å². The Labute approximate surface area is 85.2 Å². The van der Waals surface area contributed by atoms with E-state index in [2.05, 4.69) is 17.3 Å². The van der Waals surface area contributed by atoms with Gasteiger partial charge in [-0.25, -0.2) is 0 Å². The summed E-state index contributed by atoms with van der Waals surface area (Å²) in [5, 5.41) is 3.44. The smallest absolute Gasteiger partial charge is 0.240 e. The second-order valence-electron chi connectivity index (χ2n) is 4.60. The van der Waals surface area contributed by atoms with Gasteiger partial charge in [-0.1, -0.05) is 0 Å². The van der Waals surface area contributed by atoms with Crippen LogP contribution in [0.2, 0.25) is 0 Å². The van der Waals surface area contributed by atoms with E-state index in [4.69, 9.17) is 0 Å². The highest BCUT2D eigenvalue weighted by atomic mass is 16.2. The monoisotopic (exact) mass is 197 g/mol. The summed E-state index contributed by atoms with van der Waals surface area (Å²) in [6.45, 7) is 4.08. The van der Waals surface area contributed by atoms with Crippen molar-refractivity contribution >= 4 is 5.91 Å². The van der Waals surface area contributed by atoms with Gasteiger partial charge in [0.1, 0.15) is 0 Å². The molecule has 0 aromatic rings. The molecule has 2 rings (SSSR count). The number of carbonyl (C=O) groups excluding carboxylic acids is 1. The van der Waals surface area contributed by atoms with Gasteiger partial charge in [0.15, 0.2) is 0 Å². The summed E-state index contributed by atoms with van der Waals surface area (Å²) in [4.78, 5) is 15.9. The van der Waals surface area contributed by atoms with Crippen molar-refractivity contribution in [3.8, 4) is 0 Å². The van der Waals surface area contributed by atoms with Crippen LogP contribution in [0.5, 0.6) is 0 Å². The molecule has 4 nitrogen and oxygen atoms in total. The molecule has 1 amide bonds. The lowest BCUT2D eigenvalue weighted by molar-refractivity contribution is -0.131. The molecule has 1 atom stereocenters. The normalized spacial score (nSPS) is 32.9. The molecule has 0 radical (unpaired) electrons. The number of hydrogen-bond donors (Lipinski definition) is 1. The van der Waals surface area contributed by atoms with Crippen molar-refractivity contribution in [2.75, 3.05) is 27.2 Å². The maximum atomic E-state index is 11.7. The van der Waals surface area contributed by atoms with Crippen LogP contribution >= 0.6 is 0 Å². The molecule has 4 heteroatoms. The number of likely N-dealkylation sites (N-methyl/N-ethyl adjacent to an activating group) is 1. The predicted molar refractivity (Wildman–Crippen MR) is 54.8 cm³/mol. The van der Waals surface area contributed by atoms with Crippen molar-refractivity contribution in [1.82, 2.24) is 15.1 Å². The van der Waals surface area contributed by atoms with E-state index in [1.54, 1.807) is 0 Å². The molecule has 2 fully saturated rings. The fourth-order valence-electron chi connectivity index (χ4n) is 2.53. The van der Waals surface area contributed by atoms with E-state index in [-0.39, 0.29) is 17.6 Å². The van der Waals surface area contributed by atoms with E-state index in [0.29, 0.717) is 0 Å². The fraction of sp³-hybridized carbons (Fsp3) is 0.900. The lowest BCUT2D eigenvalue weighted by atomic mass is 9.97. The number of amides is 1. The minimum atomic E-state index is -0.0526. The summed E-state index contributed by atoms with van der Waals surface area (Å²) in [6, 6.07) is -0.0107. The number of hydrogen-bond acceptors (Lipinski definition) is 3. The molecule has 0 saturated carbocycles. The standard InChI is InChI=1S/C10H19N3O/c1-8-9(14)13(3)10(11-8)4-6-12(2)7-5-10/h8,11H,4-7H2,1-3H3. The highest BCUT2D eigenvalue weighted by Crippen LogP contribution is 2.30. The first-order valence-corrected chi connectivity index (χ1v) is 5.29. The van der Waals surface area contributed by atoms with Crippen LogP contribution in [0.4, 0.5) is 0 Å². The Morgan fingerprint density at radius 2 is 1.93 bits per heavy atom. The molecule has 1 N–H and O–H groups in total. The van der Waals surface area contributed by atoms with E-state index in [9.17, 15) is 4.79 Å². The van der Waals surface area contributed by atoms with Gasteiger partial charge in [0.25, 0.3) is 0 Å². The van der Waals surface area contributed by atoms with Crippen LogP contribution in [-0.2, 0) is 4.79 Å². The first kappa shape index (κ1) is 9.93. The maximum Gasteiger partial charge on any atom is 0.240 e. The van der Waals surface area contributed by atoms with Crippen molar-refractivity contribution in [3.63, 3.8) is 0 Å². The van der Waals surface area contributed by atoms with Crippen molar-refractivity contribution in [1.29, 1.82) is 0 Å². The van der Waals surface area contributed by atoms with Crippen LogP contribution in [0.25, 0.3) is 0 Å². The number of rotatable bonds is 0. The first-order valence-electron chi connectivity index (χ1n) is 5.29. The van der Waals surface area contributed by atoms with Crippen LogP contribution in [0.3, 0.4) is 0 Å². The quantitative estimate of drug-likeness (QED) is 0.587. The van der Waals surface area contributed by atoms with Crippen molar-refractivity contribution in [3.05, 3.63) is 0 Å². The predicted octanol–water partition coefficient (Wildman–Crippen LogP) is -0.142. The second kappa shape index (κ2) is 3.21. The Morgan fingerprint density at radius 1 is 1.36 bits per heavy atom. The highest BCUT2D eigenvalue weighted by Gasteiger charge is 2.47. The number of piperidine rings is 1. The van der Waals surface area contributed by atoms with E-state index in [1.165, 1.54) is 0 Å². The Hall–Kier alpha value is -0.610. The fourth-order valence-corrected chi connectivity index (χ4v) is 2.53. The van der Waals surface area contributed by atoms with Gasteiger partial charge in [-0.15, -0.1) is 0 Å². The van der Waals surface area contributed by atoms with Crippen LogP contribution < -0.4 is 5.32 Å². The molecular weight excluding hydrogens is 178 g/mol. The second-order valence-corrected chi connectivity index (χ2v) is 4.60. The molecule has 2 aliphatic heterocycles. The molecule has 1 unspecified atom stereocenters.